The number of benzene rings is 1. The predicted octanol–water partition coefficient (Wildman–Crippen LogP) is 3.94. The van der Waals surface area contributed by atoms with Gasteiger partial charge in [0.1, 0.15) is 16.5 Å². The molecule has 0 aromatic heterocycles. The fourth-order valence-corrected chi connectivity index (χ4v) is 2.42. The maximum atomic E-state index is 5.65. The first-order valence-corrected chi connectivity index (χ1v) is 6.26. The highest BCUT2D eigenvalue weighted by atomic mass is 35.5. The van der Waals surface area contributed by atoms with Gasteiger partial charge >= 0.3 is 0 Å². The van der Waals surface area contributed by atoms with Gasteiger partial charge in [0.2, 0.25) is 0 Å². The fourth-order valence-electron chi connectivity index (χ4n) is 2.22. The topological polar surface area (TPSA) is 12.5 Å². The van der Waals surface area contributed by atoms with Crippen molar-refractivity contribution in [3.63, 3.8) is 0 Å². The molecule has 0 N–H and O–H groups in total. The van der Waals surface area contributed by atoms with Crippen molar-refractivity contribution in [2.24, 2.45) is 0 Å². The number of rotatable bonds is 1. The van der Waals surface area contributed by atoms with Crippen LogP contribution < -0.4 is 4.74 Å². The van der Waals surface area contributed by atoms with Crippen molar-refractivity contribution in [3.05, 3.63) is 23.2 Å². The second kappa shape index (κ2) is 5.07. The molecule has 0 spiro atoms. The molecule has 1 unspecified atom stereocenters. The van der Waals surface area contributed by atoms with Crippen LogP contribution in [0.3, 0.4) is 0 Å². The molecule has 0 amide bonds. The zero-order valence-corrected chi connectivity index (χ0v) is 10.6. The monoisotopic (exact) mass is 239 g/mol. The van der Waals surface area contributed by atoms with Crippen LogP contribution in [-0.2, 0) is 0 Å². The van der Waals surface area contributed by atoms with Crippen molar-refractivity contribution in [2.45, 2.75) is 32.2 Å². The highest BCUT2D eigenvalue weighted by Crippen LogP contribution is 2.45. The molecule has 1 aromatic carbocycles. The van der Waals surface area contributed by atoms with Gasteiger partial charge < -0.3 is 9.64 Å². The third kappa shape index (κ3) is 2.33. The Morgan fingerprint density at radius 2 is 2.12 bits per heavy atom. The van der Waals surface area contributed by atoms with Gasteiger partial charge in [0.25, 0.3) is 0 Å². The largest absolute Gasteiger partial charge is 0.454 e. The van der Waals surface area contributed by atoms with E-state index in [0.29, 0.717) is 0 Å². The van der Waals surface area contributed by atoms with Crippen molar-refractivity contribution < 1.29 is 4.74 Å². The molecule has 3 aliphatic rings. The number of fused-ring (bicyclic) bond motifs is 2. The molecule has 0 saturated carbocycles. The van der Waals surface area contributed by atoms with E-state index in [-0.39, 0.29) is 0 Å². The first-order chi connectivity index (χ1) is 7.72. The second-order valence-electron chi connectivity index (χ2n) is 4.36. The van der Waals surface area contributed by atoms with Crippen molar-refractivity contribution in [1.29, 1.82) is 0 Å². The van der Waals surface area contributed by atoms with Gasteiger partial charge in [0.15, 0.2) is 0 Å². The molecule has 3 aliphatic heterocycles. The zero-order valence-electron chi connectivity index (χ0n) is 9.87. The molecular formula is C13H18ClNO. The van der Waals surface area contributed by atoms with Crippen LogP contribution in [0, 0.1) is 0 Å². The Labute approximate surface area is 102 Å². The van der Waals surface area contributed by atoms with Crippen molar-refractivity contribution >= 4 is 11.6 Å². The first-order valence-electron chi connectivity index (χ1n) is 5.89. The molecule has 1 atom stereocenters. The van der Waals surface area contributed by atoms with Crippen LogP contribution in [0.1, 0.15) is 26.2 Å². The molecule has 88 valence electrons. The molecule has 1 aromatic rings. The minimum Gasteiger partial charge on any atom is -0.454 e. The number of nitrogens with zero attached hydrogens (tertiary/aromatic N) is 1. The van der Waals surface area contributed by atoms with Gasteiger partial charge in [-0.15, -0.1) is 0 Å². The van der Waals surface area contributed by atoms with Gasteiger partial charge in [-0.1, -0.05) is 24.6 Å². The molecular weight excluding hydrogens is 222 g/mol. The average Bonchev–Trinajstić information content (AvgIpc) is 2.75. The Morgan fingerprint density at radius 1 is 1.44 bits per heavy atom. The summed E-state index contributed by atoms with van der Waals surface area (Å²) >= 11 is 5.65. The van der Waals surface area contributed by atoms with Crippen LogP contribution in [0.2, 0.25) is 5.02 Å². The van der Waals surface area contributed by atoms with E-state index in [4.69, 9.17) is 16.3 Å². The lowest BCUT2D eigenvalue weighted by Gasteiger charge is -2.18. The Kier molecular flexibility index (Phi) is 3.72. The van der Waals surface area contributed by atoms with Crippen molar-refractivity contribution in [1.82, 2.24) is 4.90 Å². The van der Waals surface area contributed by atoms with Crippen LogP contribution in [0.5, 0.6) is 11.5 Å². The average molecular weight is 240 g/mol. The Bertz CT molecular complexity index is 347. The Balaban J connectivity index is 0.000000120. The number of ether oxygens (including phenoxy) is 1. The van der Waals surface area contributed by atoms with E-state index < -0.39 is 0 Å². The van der Waals surface area contributed by atoms with Crippen molar-refractivity contribution in [3.8, 4) is 11.5 Å². The third-order valence-corrected chi connectivity index (χ3v) is 3.66. The van der Waals surface area contributed by atoms with Crippen LogP contribution in [0.25, 0.3) is 0 Å². The summed E-state index contributed by atoms with van der Waals surface area (Å²) < 4.78 is 5.01. The Hall–Kier alpha value is -0.730. The molecule has 3 heterocycles. The number of hydrogen-bond donors (Lipinski definition) is 0. The number of halogens is 1. The highest BCUT2D eigenvalue weighted by Gasteiger charge is 2.18. The van der Waals surface area contributed by atoms with Gasteiger partial charge in [0, 0.05) is 6.04 Å². The summed E-state index contributed by atoms with van der Waals surface area (Å²) in [7, 11) is 2.22. The maximum Gasteiger partial charge on any atom is 0.149 e. The SMILES string of the molecule is CCC1CCCN1C.Clc1c2cccc1O2. The number of likely N-dealkylation sites (tertiary alicyclic amines) is 1. The van der Waals surface area contributed by atoms with E-state index in [1.165, 1.54) is 25.8 Å². The molecule has 16 heavy (non-hydrogen) atoms. The maximum absolute atomic E-state index is 5.65. The molecule has 1 fully saturated rings. The van der Waals surface area contributed by atoms with Crippen LogP contribution >= 0.6 is 11.6 Å². The molecule has 1 saturated heterocycles. The Morgan fingerprint density at radius 3 is 2.38 bits per heavy atom. The molecule has 4 rings (SSSR count). The summed E-state index contributed by atoms with van der Waals surface area (Å²) in [6.45, 7) is 3.59. The molecule has 3 heteroatoms. The van der Waals surface area contributed by atoms with Gasteiger partial charge in [0.05, 0.1) is 0 Å². The highest BCUT2D eigenvalue weighted by molar-refractivity contribution is 6.34. The molecule has 0 radical (unpaired) electrons. The fraction of sp³-hybridized carbons (Fsp3) is 0.538. The van der Waals surface area contributed by atoms with E-state index >= 15 is 0 Å². The number of hydrogen-bond acceptors (Lipinski definition) is 2. The van der Waals surface area contributed by atoms with Gasteiger partial charge in [-0.2, -0.15) is 0 Å². The van der Waals surface area contributed by atoms with E-state index in [2.05, 4.69) is 18.9 Å². The summed E-state index contributed by atoms with van der Waals surface area (Å²) in [6, 6.07) is 6.50. The lowest BCUT2D eigenvalue weighted by atomic mass is 10.2. The lowest BCUT2D eigenvalue weighted by Crippen LogP contribution is -2.23. The van der Waals surface area contributed by atoms with Crippen molar-refractivity contribution in [2.75, 3.05) is 13.6 Å². The normalized spacial score (nSPS) is 21.8. The molecule has 2 nitrogen and oxygen atoms in total. The lowest BCUT2D eigenvalue weighted by molar-refractivity contribution is 0.304. The smallest absolute Gasteiger partial charge is 0.149 e. The quantitative estimate of drug-likeness (QED) is 0.748. The van der Waals surface area contributed by atoms with Crippen LogP contribution in [-0.4, -0.2) is 24.5 Å². The van der Waals surface area contributed by atoms with Crippen LogP contribution in [0.4, 0.5) is 0 Å². The first kappa shape index (κ1) is 11.7. The van der Waals surface area contributed by atoms with Gasteiger partial charge in [-0.05, 0) is 45.0 Å². The van der Waals surface area contributed by atoms with Gasteiger partial charge in [-0.25, -0.2) is 0 Å². The van der Waals surface area contributed by atoms with E-state index in [1.54, 1.807) is 0 Å². The summed E-state index contributed by atoms with van der Waals surface area (Å²) in [5.74, 6) is 1.59. The molecule has 2 bridgehead atoms. The van der Waals surface area contributed by atoms with E-state index in [0.717, 1.165) is 22.6 Å². The summed E-state index contributed by atoms with van der Waals surface area (Å²) in [6.07, 6.45) is 4.17. The zero-order chi connectivity index (χ0) is 11.5. The van der Waals surface area contributed by atoms with E-state index in [9.17, 15) is 0 Å². The second-order valence-corrected chi connectivity index (χ2v) is 4.73. The third-order valence-electron chi connectivity index (χ3n) is 3.29. The summed E-state index contributed by atoms with van der Waals surface area (Å²) in [4.78, 5) is 2.46. The molecule has 0 aliphatic carbocycles. The predicted molar refractivity (Wildman–Crippen MR) is 67.5 cm³/mol. The van der Waals surface area contributed by atoms with E-state index in [1.807, 2.05) is 18.2 Å². The summed E-state index contributed by atoms with van der Waals surface area (Å²) in [5.41, 5.74) is 0. The minimum atomic E-state index is 0.757. The standard InChI is InChI=1S/C7H15N.C6H3ClO/c1-3-7-5-4-6-8(7)2;7-6-4-2-1-3-5(6)8-4/h7H,3-6H2,1-2H3;1-3H. The van der Waals surface area contributed by atoms with Crippen LogP contribution in [0.15, 0.2) is 18.2 Å². The minimum absolute atomic E-state index is 0.757. The van der Waals surface area contributed by atoms with Gasteiger partial charge in [-0.3, -0.25) is 0 Å². The summed E-state index contributed by atoms with van der Waals surface area (Å²) in [5, 5.41) is 0.757.